The number of benzene rings is 1. The molecule has 0 aliphatic heterocycles. The van der Waals surface area contributed by atoms with Crippen molar-refractivity contribution in [2.24, 2.45) is 5.73 Å². The average molecular weight is 335 g/mol. The molecular formula is C16H19BrN2O. The van der Waals surface area contributed by atoms with E-state index in [2.05, 4.69) is 20.9 Å². The van der Waals surface area contributed by atoms with Gasteiger partial charge in [-0.15, -0.1) is 0 Å². The fourth-order valence-electron chi connectivity index (χ4n) is 2.31. The van der Waals surface area contributed by atoms with Crippen LogP contribution in [0.1, 0.15) is 28.4 Å². The number of halogens is 1. The normalized spacial score (nSPS) is 12.2. The number of hydrogen-bond donors (Lipinski definition) is 1. The zero-order valence-corrected chi connectivity index (χ0v) is 13.6. The number of nitrogens with two attached hydrogens (primary N) is 1. The van der Waals surface area contributed by atoms with Gasteiger partial charge in [0, 0.05) is 40.0 Å². The molecule has 2 N–H and O–H groups in total. The molecule has 0 saturated carbocycles. The summed E-state index contributed by atoms with van der Waals surface area (Å²) in [6, 6.07) is 8.02. The van der Waals surface area contributed by atoms with E-state index in [9.17, 15) is 0 Å². The number of aromatic nitrogens is 1. The summed E-state index contributed by atoms with van der Waals surface area (Å²) < 4.78 is 6.49. The van der Waals surface area contributed by atoms with Gasteiger partial charge in [-0.25, -0.2) is 0 Å². The highest BCUT2D eigenvalue weighted by molar-refractivity contribution is 9.10. The highest BCUT2D eigenvalue weighted by Crippen LogP contribution is 2.26. The van der Waals surface area contributed by atoms with Crippen molar-refractivity contribution in [3.05, 3.63) is 57.3 Å². The van der Waals surface area contributed by atoms with Crippen LogP contribution in [0.2, 0.25) is 0 Å². The Bertz CT molecular complexity index is 596. The van der Waals surface area contributed by atoms with Gasteiger partial charge in [-0.1, -0.05) is 28.1 Å². The van der Waals surface area contributed by atoms with Crippen LogP contribution < -0.4 is 10.5 Å². The van der Waals surface area contributed by atoms with Crippen molar-refractivity contribution < 1.29 is 4.74 Å². The number of rotatable bonds is 4. The van der Waals surface area contributed by atoms with Crippen LogP contribution in [0.15, 0.2) is 34.9 Å². The number of ether oxygens (including phenoxy) is 1. The van der Waals surface area contributed by atoms with Crippen LogP contribution in [0, 0.1) is 13.8 Å². The van der Waals surface area contributed by atoms with Crippen LogP contribution in [0.25, 0.3) is 0 Å². The summed E-state index contributed by atoms with van der Waals surface area (Å²) in [5, 5.41) is 0. The van der Waals surface area contributed by atoms with Gasteiger partial charge in [0.25, 0.3) is 0 Å². The third kappa shape index (κ3) is 3.19. The summed E-state index contributed by atoms with van der Waals surface area (Å²) >= 11 is 3.43. The maximum Gasteiger partial charge on any atom is 0.128 e. The maximum atomic E-state index is 6.28. The van der Waals surface area contributed by atoms with Crippen LogP contribution in [0.3, 0.4) is 0 Å². The molecule has 1 heterocycles. The minimum atomic E-state index is -0.0679. The summed E-state index contributed by atoms with van der Waals surface area (Å²) in [7, 11) is 1.69. The quantitative estimate of drug-likeness (QED) is 0.927. The second-order valence-corrected chi connectivity index (χ2v) is 5.82. The standard InChI is InChI=1S/C16H19BrN2O/c1-10-9-19-15(11(2)16(10)20-3)8-14(18)12-4-6-13(17)7-5-12/h4-7,9,14H,8,18H2,1-3H3. The highest BCUT2D eigenvalue weighted by atomic mass is 79.9. The molecule has 0 aliphatic carbocycles. The Labute approximate surface area is 128 Å². The third-order valence-corrected chi connectivity index (χ3v) is 3.99. The Hall–Kier alpha value is -1.39. The van der Waals surface area contributed by atoms with Gasteiger partial charge < -0.3 is 10.5 Å². The predicted octanol–water partition coefficient (Wildman–Crippen LogP) is 3.71. The summed E-state index contributed by atoms with van der Waals surface area (Å²) in [4.78, 5) is 4.50. The topological polar surface area (TPSA) is 48.1 Å². The molecule has 1 aromatic heterocycles. The fourth-order valence-corrected chi connectivity index (χ4v) is 2.58. The first kappa shape index (κ1) is 15.0. The Morgan fingerprint density at radius 1 is 1.25 bits per heavy atom. The van der Waals surface area contributed by atoms with Crippen molar-refractivity contribution >= 4 is 15.9 Å². The van der Waals surface area contributed by atoms with Crippen molar-refractivity contribution in [3.63, 3.8) is 0 Å². The van der Waals surface area contributed by atoms with Crippen LogP contribution in [-0.2, 0) is 6.42 Å². The van der Waals surface area contributed by atoms with E-state index in [0.29, 0.717) is 6.42 Å². The van der Waals surface area contributed by atoms with Gasteiger partial charge in [-0.2, -0.15) is 0 Å². The fraction of sp³-hybridized carbons (Fsp3) is 0.312. The molecular weight excluding hydrogens is 316 g/mol. The zero-order valence-electron chi connectivity index (χ0n) is 12.0. The lowest BCUT2D eigenvalue weighted by Crippen LogP contribution is -2.15. The first-order valence-corrected chi connectivity index (χ1v) is 7.32. The molecule has 1 atom stereocenters. The number of pyridine rings is 1. The van der Waals surface area contributed by atoms with Gasteiger partial charge in [0.15, 0.2) is 0 Å². The molecule has 4 heteroatoms. The predicted molar refractivity (Wildman–Crippen MR) is 85.0 cm³/mol. The Kier molecular flexibility index (Phi) is 4.78. The molecule has 20 heavy (non-hydrogen) atoms. The highest BCUT2D eigenvalue weighted by Gasteiger charge is 2.14. The van der Waals surface area contributed by atoms with Gasteiger partial charge in [-0.05, 0) is 31.5 Å². The molecule has 0 aliphatic rings. The second kappa shape index (κ2) is 6.37. The van der Waals surface area contributed by atoms with Crippen molar-refractivity contribution in [1.82, 2.24) is 4.98 Å². The van der Waals surface area contributed by atoms with Crippen LogP contribution in [0.5, 0.6) is 5.75 Å². The molecule has 2 rings (SSSR count). The van der Waals surface area contributed by atoms with E-state index >= 15 is 0 Å². The summed E-state index contributed by atoms with van der Waals surface area (Å²) in [6.45, 7) is 4.03. The SMILES string of the molecule is COc1c(C)cnc(CC(N)c2ccc(Br)cc2)c1C. The molecule has 2 aromatic rings. The van der Waals surface area contributed by atoms with Gasteiger partial charge in [0.2, 0.25) is 0 Å². The summed E-state index contributed by atoms with van der Waals surface area (Å²) in [5.74, 6) is 0.901. The Morgan fingerprint density at radius 2 is 1.90 bits per heavy atom. The number of hydrogen-bond acceptors (Lipinski definition) is 3. The molecule has 106 valence electrons. The van der Waals surface area contributed by atoms with Crippen molar-refractivity contribution in [3.8, 4) is 5.75 Å². The monoisotopic (exact) mass is 334 g/mol. The second-order valence-electron chi connectivity index (χ2n) is 4.91. The maximum absolute atomic E-state index is 6.28. The lowest BCUT2D eigenvalue weighted by Gasteiger charge is -2.16. The van der Waals surface area contributed by atoms with Crippen LogP contribution in [0.4, 0.5) is 0 Å². The number of methoxy groups -OCH3 is 1. The van der Waals surface area contributed by atoms with Gasteiger partial charge >= 0.3 is 0 Å². The van der Waals surface area contributed by atoms with Crippen molar-refractivity contribution in [1.29, 1.82) is 0 Å². The van der Waals surface area contributed by atoms with Crippen molar-refractivity contribution in [2.75, 3.05) is 7.11 Å². The van der Waals surface area contributed by atoms with Crippen molar-refractivity contribution in [2.45, 2.75) is 26.3 Å². The minimum absolute atomic E-state index is 0.0679. The zero-order chi connectivity index (χ0) is 14.7. The molecule has 0 saturated heterocycles. The number of aryl methyl sites for hydroxylation is 1. The van der Waals surface area contributed by atoms with Gasteiger partial charge in [0.05, 0.1) is 7.11 Å². The molecule has 0 bridgehead atoms. The Balaban J connectivity index is 2.23. The molecule has 0 amide bonds. The third-order valence-electron chi connectivity index (χ3n) is 3.46. The van der Waals surface area contributed by atoms with E-state index in [0.717, 1.165) is 32.6 Å². The lowest BCUT2D eigenvalue weighted by atomic mass is 9.99. The summed E-state index contributed by atoms with van der Waals surface area (Å²) in [5.41, 5.74) is 10.5. The van der Waals surface area contributed by atoms with Gasteiger partial charge in [0.1, 0.15) is 5.75 Å². The largest absolute Gasteiger partial charge is 0.496 e. The van der Waals surface area contributed by atoms with Crippen LogP contribution in [-0.4, -0.2) is 12.1 Å². The van der Waals surface area contributed by atoms with E-state index in [1.165, 1.54) is 0 Å². The molecule has 3 nitrogen and oxygen atoms in total. The minimum Gasteiger partial charge on any atom is -0.496 e. The molecule has 1 unspecified atom stereocenters. The molecule has 0 spiro atoms. The number of nitrogens with zero attached hydrogens (tertiary/aromatic N) is 1. The van der Waals surface area contributed by atoms with E-state index in [1.54, 1.807) is 7.11 Å². The smallest absolute Gasteiger partial charge is 0.128 e. The van der Waals surface area contributed by atoms with E-state index in [1.807, 2.05) is 44.3 Å². The van der Waals surface area contributed by atoms with E-state index in [4.69, 9.17) is 10.5 Å². The van der Waals surface area contributed by atoms with Gasteiger partial charge in [-0.3, -0.25) is 4.98 Å². The van der Waals surface area contributed by atoms with E-state index < -0.39 is 0 Å². The lowest BCUT2D eigenvalue weighted by molar-refractivity contribution is 0.406. The molecule has 0 radical (unpaired) electrons. The average Bonchev–Trinajstić information content (AvgIpc) is 2.43. The molecule has 0 fully saturated rings. The summed E-state index contributed by atoms with van der Waals surface area (Å²) in [6.07, 6.45) is 2.54. The first-order valence-electron chi connectivity index (χ1n) is 6.53. The van der Waals surface area contributed by atoms with Crippen LogP contribution >= 0.6 is 15.9 Å². The Morgan fingerprint density at radius 3 is 2.50 bits per heavy atom. The first-order chi connectivity index (χ1) is 9.52. The molecule has 1 aromatic carbocycles. The van der Waals surface area contributed by atoms with E-state index in [-0.39, 0.29) is 6.04 Å².